The lowest BCUT2D eigenvalue weighted by Gasteiger charge is -2.16. The highest BCUT2D eigenvalue weighted by molar-refractivity contribution is 8.00. The molecule has 8 nitrogen and oxygen atoms in total. The molecule has 1 fully saturated rings. The number of methoxy groups -OCH3 is 1. The van der Waals surface area contributed by atoms with E-state index >= 15 is 0 Å². The minimum atomic E-state index is -0.673. The van der Waals surface area contributed by atoms with Gasteiger partial charge in [0.25, 0.3) is 5.91 Å². The molecule has 0 radical (unpaired) electrons. The van der Waals surface area contributed by atoms with Crippen LogP contribution in [0.3, 0.4) is 0 Å². The predicted molar refractivity (Wildman–Crippen MR) is 133 cm³/mol. The van der Waals surface area contributed by atoms with Crippen molar-refractivity contribution in [2.24, 2.45) is 0 Å². The minimum Gasteiger partial charge on any atom is -0.465 e. The number of carbonyl (C=O) groups excluding carboxylic acids is 4. The highest BCUT2D eigenvalue weighted by atomic mass is 32.2. The molecular formula is C26H30N2O6S. The molecule has 2 amide bonds. The lowest BCUT2D eigenvalue weighted by Crippen LogP contribution is -2.35. The monoisotopic (exact) mass is 498 g/mol. The van der Waals surface area contributed by atoms with Crippen LogP contribution in [0.4, 0.5) is 5.69 Å². The van der Waals surface area contributed by atoms with E-state index in [1.807, 2.05) is 0 Å². The summed E-state index contributed by atoms with van der Waals surface area (Å²) < 4.78 is 9.90. The molecule has 2 aromatic rings. The van der Waals surface area contributed by atoms with Crippen LogP contribution in [0.1, 0.15) is 59.2 Å². The van der Waals surface area contributed by atoms with E-state index in [4.69, 9.17) is 9.47 Å². The molecule has 0 aromatic heterocycles. The predicted octanol–water partition coefficient (Wildman–Crippen LogP) is 4.20. The van der Waals surface area contributed by atoms with Crippen molar-refractivity contribution in [3.05, 3.63) is 59.7 Å². The largest absolute Gasteiger partial charge is 0.465 e. The molecule has 2 aromatic carbocycles. The Kier molecular flexibility index (Phi) is 10.2. The van der Waals surface area contributed by atoms with Crippen LogP contribution in [0.15, 0.2) is 53.4 Å². The van der Waals surface area contributed by atoms with Gasteiger partial charge in [0.1, 0.15) is 0 Å². The van der Waals surface area contributed by atoms with Crippen LogP contribution in [0.2, 0.25) is 0 Å². The van der Waals surface area contributed by atoms with Gasteiger partial charge in [0, 0.05) is 10.9 Å². The number of para-hydroxylation sites is 1. The first-order valence-electron chi connectivity index (χ1n) is 11.6. The first-order chi connectivity index (χ1) is 17.0. The van der Waals surface area contributed by atoms with E-state index in [9.17, 15) is 19.2 Å². The molecule has 2 N–H and O–H groups in total. The van der Waals surface area contributed by atoms with E-state index < -0.39 is 24.5 Å². The van der Waals surface area contributed by atoms with Gasteiger partial charge < -0.3 is 20.1 Å². The standard InChI is InChI=1S/C26H30N2O6S/c1-33-25(31)19-12-6-8-14-21(19)28-23(29)16-34-26(32)20-13-7-9-15-22(20)35-17-24(30)27-18-10-4-2-3-5-11-18/h6-9,12-15,18H,2-5,10-11,16-17H2,1H3,(H,27,30)(H,28,29). The van der Waals surface area contributed by atoms with E-state index in [-0.39, 0.29) is 34.5 Å². The summed E-state index contributed by atoms with van der Waals surface area (Å²) in [4.78, 5) is 49.9. The summed E-state index contributed by atoms with van der Waals surface area (Å²) in [6.07, 6.45) is 6.71. The second-order valence-electron chi connectivity index (χ2n) is 8.20. The smallest absolute Gasteiger partial charge is 0.339 e. The Morgan fingerprint density at radius 2 is 1.51 bits per heavy atom. The molecule has 1 saturated carbocycles. The van der Waals surface area contributed by atoms with Crippen molar-refractivity contribution < 1.29 is 28.7 Å². The molecule has 186 valence electrons. The fourth-order valence-corrected chi connectivity index (χ4v) is 4.72. The van der Waals surface area contributed by atoms with Gasteiger partial charge in [0.2, 0.25) is 5.91 Å². The number of thioether (sulfide) groups is 1. The van der Waals surface area contributed by atoms with Crippen molar-refractivity contribution >= 4 is 41.2 Å². The summed E-state index contributed by atoms with van der Waals surface area (Å²) in [6, 6.07) is 13.4. The van der Waals surface area contributed by atoms with Crippen LogP contribution >= 0.6 is 11.8 Å². The highest BCUT2D eigenvalue weighted by Crippen LogP contribution is 2.24. The second kappa shape index (κ2) is 13.5. The lowest BCUT2D eigenvalue weighted by atomic mass is 10.1. The average Bonchev–Trinajstić information content (AvgIpc) is 3.14. The molecule has 0 atom stereocenters. The Morgan fingerprint density at radius 1 is 0.857 bits per heavy atom. The highest BCUT2D eigenvalue weighted by Gasteiger charge is 2.19. The van der Waals surface area contributed by atoms with Crippen molar-refractivity contribution in [2.45, 2.75) is 49.5 Å². The summed E-state index contributed by atoms with van der Waals surface area (Å²) in [6.45, 7) is -0.532. The zero-order chi connectivity index (χ0) is 25.0. The number of hydrogen-bond donors (Lipinski definition) is 2. The molecule has 0 aliphatic heterocycles. The van der Waals surface area contributed by atoms with Gasteiger partial charge in [-0.25, -0.2) is 9.59 Å². The van der Waals surface area contributed by atoms with Gasteiger partial charge in [-0.05, 0) is 37.1 Å². The molecule has 9 heteroatoms. The van der Waals surface area contributed by atoms with Gasteiger partial charge in [-0.3, -0.25) is 9.59 Å². The van der Waals surface area contributed by atoms with Crippen molar-refractivity contribution in [2.75, 3.05) is 24.8 Å². The molecule has 3 rings (SSSR count). The first-order valence-corrected chi connectivity index (χ1v) is 12.6. The van der Waals surface area contributed by atoms with E-state index in [1.165, 1.54) is 37.8 Å². The van der Waals surface area contributed by atoms with Gasteiger partial charge >= 0.3 is 11.9 Å². The quantitative estimate of drug-likeness (QED) is 0.303. The van der Waals surface area contributed by atoms with Crippen LogP contribution in [0.25, 0.3) is 0 Å². The topological polar surface area (TPSA) is 111 Å². The van der Waals surface area contributed by atoms with Gasteiger partial charge in [-0.15, -0.1) is 11.8 Å². The SMILES string of the molecule is COC(=O)c1ccccc1NC(=O)COC(=O)c1ccccc1SCC(=O)NC1CCCCCC1. The molecule has 0 heterocycles. The Balaban J connectivity index is 1.52. The zero-order valence-corrected chi connectivity index (χ0v) is 20.5. The second-order valence-corrected chi connectivity index (χ2v) is 9.22. The number of carbonyl (C=O) groups is 4. The summed E-state index contributed by atoms with van der Waals surface area (Å²) >= 11 is 1.26. The Labute approximate surface area is 209 Å². The summed E-state index contributed by atoms with van der Waals surface area (Å²) in [5.74, 6) is -1.73. The maximum atomic E-state index is 12.7. The number of amides is 2. The molecule has 0 spiro atoms. The molecule has 0 bridgehead atoms. The van der Waals surface area contributed by atoms with Crippen molar-refractivity contribution in [1.29, 1.82) is 0 Å². The first kappa shape index (κ1) is 26.3. The number of esters is 2. The number of rotatable bonds is 9. The number of nitrogens with one attached hydrogen (secondary N) is 2. The Morgan fingerprint density at radius 3 is 2.23 bits per heavy atom. The average molecular weight is 499 g/mol. The maximum absolute atomic E-state index is 12.7. The molecule has 0 unspecified atom stereocenters. The van der Waals surface area contributed by atoms with Gasteiger partial charge in [0.05, 0.1) is 29.7 Å². The van der Waals surface area contributed by atoms with Crippen LogP contribution in [-0.2, 0) is 19.1 Å². The van der Waals surface area contributed by atoms with E-state index in [0.29, 0.717) is 4.90 Å². The van der Waals surface area contributed by atoms with Gasteiger partial charge in [-0.1, -0.05) is 49.9 Å². The van der Waals surface area contributed by atoms with Gasteiger partial charge in [0.15, 0.2) is 6.61 Å². The lowest BCUT2D eigenvalue weighted by molar-refractivity contribution is -0.120. The fraction of sp³-hybridized carbons (Fsp3) is 0.385. The zero-order valence-electron chi connectivity index (χ0n) is 19.7. The fourth-order valence-electron chi connectivity index (χ4n) is 3.87. The normalized spacial score (nSPS) is 13.9. The van der Waals surface area contributed by atoms with E-state index in [0.717, 1.165) is 25.7 Å². The summed E-state index contributed by atoms with van der Waals surface area (Å²) in [5.41, 5.74) is 0.733. The van der Waals surface area contributed by atoms with Crippen LogP contribution < -0.4 is 10.6 Å². The maximum Gasteiger partial charge on any atom is 0.339 e. The number of hydrogen-bond acceptors (Lipinski definition) is 7. The molecule has 0 saturated heterocycles. The Hall–Kier alpha value is -3.33. The molecule has 1 aliphatic rings. The van der Waals surface area contributed by atoms with E-state index in [2.05, 4.69) is 10.6 Å². The van der Waals surface area contributed by atoms with Crippen LogP contribution in [0.5, 0.6) is 0 Å². The van der Waals surface area contributed by atoms with Crippen LogP contribution in [0, 0.1) is 0 Å². The van der Waals surface area contributed by atoms with Crippen LogP contribution in [-0.4, -0.2) is 49.3 Å². The van der Waals surface area contributed by atoms with Crippen molar-refractivity contribution in [3.8, 4) is 0 Å². The number of ether oxygens (including phenoxy) is 2. The summed E-state index contributed by atoms with van der Waals surface area (Å²) in [7, 11) is 1.25. The number of anilines is 1. The third-order valence-corrected chi connectivity index (χ3v) is 6.70. The molecular weight excluding hydrogens is 468 g/mol. The van der Waals surface area contributed by atoms with E-state index in [1.54, 1.807) is 42.5 Å². The van der Waals surface area contributed by atoms with Crippen molar-refractivity contribution in [1.82, 2.24) is 5.32 Å². The summed E-state index contributed by atoms with van der Waals surface area (Å²) in [5, 5.41) is 5.65. The van der Waals surface area contributed by atoms with Crippen molar-refractivity contribution in [3.63, 3.8) is 0 Å². The minimum absolute atomic E-state index is 0.0614. The third-order valence-electron chi connectivity index (χ3n) is 5.63. The molecule has 35 heavy (non-hydrogen) atoms. The third kappa shape index (κ3) is 8.13. The molecule has 1 aliphatic carbocycles. The number of benzene rings is 2. The van der Waals surface area contributed by atoms with Gasteiger partial charge in [-0.2, -0.15) is 0 Å². The Bertz CT molecular complexity index is 1050.